The van der Waals surface area contributed by atoms with Crippen molar-refractivity contribution in [1.82, 2.24) is 15.0 Å². The third kappa shape index (κ3) is 4.78. The van der Waals surface area contributed by atoms with Gasteiger partial charge in [-0.05, 0) is 74.5 Å². The molecule has 7 nitrogen and oxygen atoms in total. The summed E-state index contributed by atoms with van der Waals surface area (Å²) >= 11 is 0. The number of aromatic hydroxyl groups is 1. The smallest absolute Gasteiger partial charge is 0.257 e. The summed E-state index contributed by atoms with van der Waals surface area (Å²) in [6.07, 6.45) is 1.49. The lowest BCUT2D eigenvalue weighted by Crippen LogP contribution is -2.38. The van der Waals surface area contributed by atoms with E-state index in [-0.39, 0.29) is 23.4 Å². The maximum atomic E-state index is 13.0. The summed E-state index contributed by atoms with van der Waals surface area (Å²) in [6, 6.07) is 12.4. The normalized spacial score (nSPS) is 15.3. The van der Waals surface area contributed by atoms with Gasteiger partial charge in [0.15, 0.2) is 5.82 Å². The molecule has 2 heterocycles. The highest BCUT2D eigenvalue weighted by atomic mass is 19.1. The van der Waals surface area contributed by atoms with Crippen molar-refractivity contribution in [3.8, 4) is 17.2 Å². The van der Waals surface area contributed by atoms with E-state index >= 15 is 0 Å². The van der Waals surface area contributed by atoms with Crippen molar-refractivity contribution in [2.75, 3.05) is 18.4 Å². The molecule has 2 aromatic carbocycles. The Balaban J connectivity index is 1.28. The van der Waals surface area contributed by atoms with Crippen LogP contribution in [0.15, 0.2) is 53.1 Å². The van der Waals surface area contributed by atoms with Gasteiger partial charge in [0, 0.05) is 17.2 Å². The zero-order chi connectivity index (χ0) is 20.2. The maximum absolute atomic E-state index is 13.0. The van der Waals surface area contributed by atoms with Crippen LogP contribution in [-0.2, 0) is 11.3 Å². The second kappa shape index (κ2) is 8.40. The van der Waals surface area contributed by atoms with Crippen LogP contribution in [0.3, 0.4) is 0 Å². The second-order valence-corrected chi connectivity index (χ2v) is 7.11. The topological polar surface area (TPSA) is 91.5 Å². The van der Waals surface area contributed by atoms with Crippen molar-refractivity contribution in [1.29, 1.82) is 0 Å². The van der Waals surface area contributed by atoms with Crippen LogP contribution in [-0.4, -0.2) is 39.1 Å². The number of benzene rings is 2. The molecule has 4 rings (SSSR count). The Hall–Kier alpha value is -3.26. The van der Waals surface area contributed by atoms with Gasteiger partial charge in [-0.25, -0.2) is 4.39 Å². The Morgan fingerprint density at radius 2 is 1.83 bits per heavy atom. The summed E-state index contributed by atoms with van der Waals surface area (Å²) in [5.41, 5.74) is 1.35. The molecule has 1 aliphatic heterocycles. The van der Waals surface area contributed by atoms with Crippen molar-refractivity contribution < 1.29 is 18.8 Å². The molecule has 0 atom stereocenters. The summed E-state index contributed by atoms with van der Waals surface area (Å²) < 4.78 is 18.3. The van der Waals surface area contributed by atoms with E-state index in [4.69, 9.17) is 4.52 Å². The highest BCUT2D eigenvalue weighted by molar-refractivity contribution is 5.92. The standard InChI is InChI=1S/C21H21FN4O3/c22-16-3-1-15(2-4-16)21-24-19(25-29-21)13-26-11-9-14(10-12-26)20(28)23-17-5-7-18(27)8-6-17/h1-8,14,27H,9-13H2,(H,23,28). The number of phenolic OH excluding ortho intramolecular Hbond substituents is 1. The summed E-state index contributed by atoms with van der Waals surface area (Å²) in [5.74, 6) is 0.722. The number of hydrogen-bond donors (Lipinski definition) is 2. The molecule has 1 amide bonds. The molecule has 1 aromatic heterocycles. The van der Waals surface area contributed by atoms with Gasteiger partial charge in [0.1, 0.15) is 11.6 Å². The van der Waals surface area contributed by atoms with E-state index < -0.39 is 0 Å². The fraction of sp³-hybridized carbons (Fsp3) is 0.286. The Labute approximate surface area is 167 Å². The van der Waals surface area contributed by atoms with Gasteiger partial charge in [-0.15, -0.1) is 0 Å². The summed E-state index contributed by atoms with van der Waals surface area (Å²) in [7, 11) is 0. The summed E-state index contributed by atoms with van der Waals surface area (Å²) in [6.45, 7) is 2.05. The van der Waals surface area contributed by atoms with Gasteiger partial charge in [0.2, 0.25) is 5.91 Å². The number of nitrogens with zero attached hydrogens (tertiary/aromatic N) is 3. The molecule has 1 fully saturated rings. The third-order valence-electron chi connectivity index (χ3n) is 5.02. The molecule has 0 saturated carbocycles. The predicted molar refractivity (Wildman–Crippen MR) is 104 cm³/mol. The maximum Gasteiger partial charge on any atom is 0.257 e. The predicted octanol–water partition coefficient (Wildman–Crippen LogP) is 3.43. The molecule has 0 radical (unpaired) electrons. The van der Waals surface area contributed by atoms with Crippen LogP contribution in [0.2, 0.25) is 0 Å². The minimum absolute atomic E-state index is 0.00602. The Bertz CT molecular complexity index is 964. The van der Waals surface area contributed by atoms with Crippen LogP contribution >= 0.6 is 0 Å². The molecule has 2 N–H and O–H groups in total. The lowest BCUT2D eigenvalue weighted by Gasteiger charge is -2.30. The van der Waals surface area contributed by atoms with Gasteiger partial charge in [0.05, 0.1) is 6.54 Å². The number of rotatable bonds is 5. The number of nitrogens with one attached hydrogen (secondary N) is 1. The van der Waals surface area contributed by atoms with E-state index in [0.717, 1.165) is 25.9 Å². The molecular formula is C21H21FN4O3. The summed E-state index contributed by atoms with van der Waals surface area (Å²) in [4.78, 5) is 19.0. The largest absolute Gasteiger partial charge is 0.508 e. The molecule has 8 heteroatoms. The van der Waals surface area contributed by atoms with Gasteiger partial charge >= 0.3 is 0 Å². The SMILES string of the molecule is O=C(Nc1ccc(O)cc1)C1CCN(Cc2noc(-c3ccc(F)cc3)n2)CC1. The lowest BCUT2D eigenvalue weighted by atomic mass is 9.96. The van der Waals surface area contributed by atoms with E-state index in [0.29, 0.717) is 29.5 Å². The van der Waals surface area contributed by atoms with Gasteiger partial charge < -0.3 is 14.9 Å². The van der Waals surface area contributed by atoms with E-state index in [2.05, 4.69) is 20.4 Å². The Kier molecular flexibility index (Phi) is 5.53. The van der Waals surface area contributed by atoms with E-state index in [9.17, 15) is 14.3 Å². The summed E-state index contributed by atoms with van der Waals surface area (Å²) in [5, 5.41) is 16.2. The number of hydrogen-bond acceptors (Lipinski definition) is 6. The minimum Gasteiger partial charge on any atom is -0.508 e. The first-order valence-corrected chi connectivity index (χ1v) is 9.47. The monoisotopic (exact) mass is 396 g/mol. The molecule has 3 aromatic rings. The fourth-order valence-corrected chi connectivity index (χ4v) is 3.37. The molecule has 1 aliphatic rings. The highest BCUT2D eigenvalue weighted by Gasteiger charge is 2.26. The zero-order valence-corrected chi connectivity index (χ0v) is 15.7. The average molecular weight is 396 g/mol. The molecule has 1 saturated heterocycles. The van der Waals surface area contributed by atoms with E-state index in [1.807, 2.05) is 0 Å². The van der Waals surface area contributed by atoms with Crippen molar-refractivity contribution in [3.05, 3.63) is 60.2 Å². The van der Waals surface area contributed by atoms with E-state index in [1.165, 1.54) is 12.1 Å². The number of phenols is 1. The number of amides is 1. The van der Waals surface area contributed by atoms with Gasteiger partial charge in [-0.2, -0.15) is 4.98 Å². The number of likely N-dealkylation sites (tertiary alicyclic amines) is 1. The Morgan fingerprint density at radius 1 is 1.14 bits per heavy atom. The molecule has 29 heavy (non-hydrogen) atoms. The second-order valence-electron chi connectivity index (χ2n) is 7.11. The number of piperidine rings is 1. The van der Waals surface area contributed by atoms with Crippen molar-refractivity contribution in [3.63, 3.8) is 0 Å². The fourth-order valence-electron chi connectivity index (χ4n) is 3.37. The van der Waals surface area contributed by atoms with E-state index in [1.54, 1.807) is 36.4 Å². The van der Waals surface area contributed by atoms with Crippen molar-refractivity contribution >= 4 is 11.6 Å². The molecular weight excluding hydrogens is 375 g/mol. The quantitative estimate of drug-likeness (QED) is 0.642. The van der Waals surface area contributed by atoms with Crippen LogP contribution in [0.25, 0.3) is 11.5 Å². The third-order valence-corrected chi connectivity index (χ3v) is 5.02. The first-order valence-electron chi connectivity index (χ1n) is 9.47. The highest BCUT2D eigenvalue weighted by Crippen LogP contribution is 2.22. The molecule has 0 bridgehead atoms. The number of anilines is 1. The van der Waals surface area contributed by atoms with Crippen LogP contribution in [0.5, 0.6) is 5.75 Å². The molecule has 0 unspecified atom stereocenters. The van der Waals surface area contributed by atoms with Gasteiger partial charge in [-0.3, -0.25) is 9.69 Å². The lowest BCUT2D eigenvalue weighted by molar-refractivity contribution is -0.121. The number of carbonyl (C=O) groups is 1. The molecule has 150 valence electrons. The minimum atomic E-state index is -0.314. The number of halogens is 1. The van der Waals surface area contributed by atoms with Gasteiger partial charge in [0.25, 0.3) is 5.89 Å². The van der Waals surface area contributed by atoms with Crippen molar-refractivity contribution in [2.24, 2.45) is 5.92 Å². The molecule has 0 aliphatic carbocycles. The average Bonchev–Trinajstić information content (AvgIpc) is 3.19. The zero-order valence-electron chi connectivity index (χ0n) is 15.7. The molecule has 0 spiro atoms. The first-order chi connectivity index (χ1) is 14.1. The first kappa shape index (κ1) is 19.1. The van der Waals surface area contributed by atoms with Crippen LogP contribution in [0.1, 0.15) is 18.7 Å². The van der Waals surface area contributed by atoms with Crippen LogP contribution < -0.4 is 5.32 Å². The van der Waals surface area contributed by atoms with Crippen LogP contribution in [0, 0.1) is 11.7 Å². The van der Waals surface area contributed by atoms with Crippen molar-refractivity contribution in [2.45, 2.75) is 19.4 Å². The Morgan fingerprint density at radius 3 is 2.52 bits per heavy atom. The number of carbonyl (C=O) groups excluding carboxylic acids is 1. The van der Waals surface area contributed by atoms with Crippen LogP contribution in [0.4, 0.5) is 10.1 Å². The number of aromatic nitrogens is 2. The van der Waals surface area contributed by atoms with Gasteiger partial charge in [-0.1, -0.05) is 5.16 Å².